The van der Waals surface area contributed by atoms with Gasteiger partial charge in [-0.15, -0.1) is 0 Å². The smallest absolute Gasteiger partial charge is 0.197 e. The van der Waals surface area contributed by atoms with Crippen molar-refractivity contribution in [2.45, 2.75) is 39.2 Å². The molecule has 3 heteroatoms. The highest BCUT2D eigenvalue weighted by Crippen LogP contribution is 2.20. The van der Waals surface area contributed by atoms with Crippen LogP contribution in [0.5, 0.6) is 0 Å². The first-order valence-electron chi connectivity index (χ1n) is 5.81. The van der Waals surface area contributed by atoms with Gasteiger partial charge in [-0.3, -0.25) is 0 Å². The van der Waals surface area contributed by atoms with Crippen molar-refractivity contribution in [1.82, 2.24) is 4.98 Å². The van der Waals surface area contributed by atoms with Gasteiger partial charge >= 0.3 is 0 Å². The third kappa shape index (κ3) is 2.25. The van der Waals surface area contributed by atoms with Crippen molar-refractivity contribution in [3.8, 4) is 0 Å². The number of fused-ring (bicyclic) bond motifs is 1. The Balaban J connectivity index is 2.23. The Morgan fingerprint density at radius 3 is 2.94 bits per heavy atom. The zero-order chi connectivity index (χ0) is 11.5. The summed E-state index contributed by atoms with van der Waals surface area (Å²) in [6.45, 7) is 4.17. The van der Waals surface area contributed by atoms with Gasteiger partial charge < -0.3 is 10.2 Å². The van der Waals surface area contributed by atoms with Crippen LogP contribution in [0, 0.1) is 6.92 Å². The number of para-hydroxylation sites is 1. The molecule has 16 heavy (non-hydrogen) atoms. The second kappa shape index (κ2) is 4.66. The minimum Gasteiger partial charge on any atom is -0.440 e. The van der Waals surface area contributed by atoms with Crippen LogP contribution in [0.2, 0.25) is 0 Å². The molecule has 0 amide bonds. The van der Waals surface area contributed by atoms with Gasteiger partial charge in [0.15, 0.2) is 11.5 Å². The molecule has 0 saturated heterocycles. The minimum atomic E-state index is 0.151. The fourth-order valence-corrected chi connectivity index (χ4v) is 1.92. The number of aromatic nitrogens is 1. The van der Waals surface area contributed by atoms with Crippen LogP contribution in [-0.2, 0) is 6.42 Å². The van der Waals surface area contributed by atoms with Gasteiger partial charge in [0, 0.05) is 12.5 Å². The molecule has 2 rings (SSSR count). The highest BCUT2D eigenvalue weighted by atomic mass is 16.3. The SMILES string of the molecule is CCCC(N)Cc1nc2cccc(C)c2o1. The third-order valence-corrected chi connectivity index (χ3v) is 2.75. The number of aryl methyl sites for hydroxylation is 1. The van der Waals surface area contributed by atoms with E-state index in [1.165, 1.54) is 0 Å². The van der Waals surface area contributed by atoms with E-state index in [4.69, 9.17) is 10.2 Å². The van der Waals surface area contributed by atoms with Gasteiger partial charge in [-0.25, -0.2) is 4.98 Å². The Morgan fingerprint density at radius 2 is 2.25 bits per heavy atom. The molecule has 0 fully saturated rings. The fraction of sp³-hybridized carbons (Fsp3) is 0.462. The van der Waals surface area contributed by atoms with Crippen LogP contribution in [0.4, 0.5) is 0 Å². The summed E-state index contributed by atoms with van der Waals surface area (Å²) in [5.74, 6) is 0.755. The molecule has 1 aromatic heterocycles. The Morgan fingerprint density at radius 1 is 1.44 bits per heavy atom. The van der Waals surface area contributed by atoms with E-state index < -0.39 is 0 Å². The Hall–Kier alpha value is -1.35. The van der Waals surface area contributed by atoms with E-state index in [-0.39, 0.29) is 6.04 Å². The molecule has 0 saturated carbocycles. The van der Waals surface area contributed by atoms with Crippen molar-refractivity contribution >= 4 is 11.1 Å². The molecule has 1 atom stereocenters. The second-order valence-corrected chi connectivity index (χ2v) is 4.28. The van der Waals surface area contributed by atoms with Gasteiger partial charge in [0.2, 0.25) is 0 Å². The van der Waals surface area contributed by atoms with Gasteiger partial charge in [0.05, 0.1) is 0 Å². The van der Waals surface area contributed by atoms with Crippen molar-refractivity contribution in [1.29, 1.82) is 0 Å². The molecule has 0 aliphatic heterocycles. The van der Waals surface area contributed by atoms with E-state index in [9.17, 15) is 0 Å². The summed E-state index contributed by atoms with van der Waals surface area (Å²) in [6, 6.07) is 6.15. The highest BCUT2D eigenvalue weighted by molar-refractivity contribution is 5.75. The van der Waals surface area contributed by atoms with Gasteiger partial charge in [-0.2, -0.15) is 0 Å². The predicted molar refractivity (Wildman–Crippen MR) is 65.3 cm³/mol. The summed E-state index contributed by atoms with van der Waals surface area (Å²) in [5, 5.41) is 0. The Bertz CT molecular complexity index is 476. The van der Waals surface area contributed by atoms with Crippen molar-refractivity contribution in [3.05, 3.63) is 29.7 Å². The van der Waals surface area contributed by atoms with Gasteiger partial charge in [-0.1, -0.05) is 25.5 Å². The first kappa shape index (κ1) is 11.1. The molecular weight excluding hydrogens is 200 g/mol. The molecule has 2 N–H and O–H groups in total. The molecule has 0 radical (unpaired) electrons. The van der Waals surface area contributed by atoms with Crippen LogP contribution in [0.25, 0.3) is 11.1 Å². The minimum absolute atomic E-state index is 0.151. The summed E-state index contributed by atoms with van der Waals surface area (Å²) in [6.07, 6.45) is 2.83. The summed E-state index contributed by atoms with van der Waals surface area (Å²) < 4.78 is 5.72. The first-order valence-corrected chi connectivity index (χ1v) is 5.81. The van der Waals surface area contributed by atoms with Crippen molar-refractivity contribution in [2.24, 2.45) is 5.73 Å². The maximum absolute atomic E-state index is 5.98. The first-order chi connectivity index (χ1) is 7.70. The van der Waals surface area contributed by atoms with E-state index in [0.717, 1.165) is 41.8 Å². The lowest BCUT2D eigenvalue weighted by Crippen LogP contribution is -2.22. The quantitative estimate of drug-likeness (QED) is 0.858. The van der Waals surface area contributed by atoms with Crippen LogP contribution < -0.4 is 5.73 Å². The molecule has 0 bridgehead atoms. The van der Waals surface area contributed by atoms with E-state index in [0.29, 0.717) is 0 Å². The van der Waals surface area contributed by atoms with Crippen molar-refractivity contribution in [2.75, 3.05) is 0 Å². The number of nitrogens with zero attached hydrogens (tertiary/aromatic N) is 1. The maximum atomic E-state index is 5.98. The Kier molecular flexibility index (Phi) is 3.25. The van der Waals surface area contributed by atoms with Gasteiger partial charge in [0.25, 0.3) is 0 Å². The number of benzene rings is 1. The van der Waals surface area contributed by atoms with E-state index in [1.54, 1.807) is 0 Å². The summed E-state index contributed by atoms with van der Waals surface area (Å²) in [5.41, 5.74) is 8.92. The highest BCUT2D eigenvalue weighted by Gasteiger charge is 2.10. The zero-order valence-corrected chi connectivity index (χ0v) is 9.86. The molecule has 2 aromatic rings. The lowest BCUT2D eigenvalue weighted by molar-refractivity contribution is 0.480. The van der Waals surface area contributed by atoms with Gasteiger partial charge in [0.1, 0.15) is 5.52 Å². The molecule has 1 heterocycles. The number of rotatable bonds is 4. The molecule has 1 aromatic carbocycles. The molecule has 1 unspecified atom stereocenters. The predicted octanol–water partition coefficient (Wildman–Crippen LogP) is 2.81. The van der Waals surface area contributed by atoms with Crippen molar-refractivity contribution < 1.29 is 4.42 Å². The Labute approximate surface area is 95.7 Å². The molecule has 86 valence electrons. The summed E-state index contributed by atoms with van der Waals surface area (Å²) in [7, 11) is 0. The van der Waals surface area contributed by atoms with E-state index >= 15 is 0 Å². The number of hydrogen-bond donors (Lipinski definition) is 1. The summed E-state index contributed by atoms with van der Waals surface area (Å²) >= 11 is 0. The summed E-state index contributed by atoms with van der Waals surface area (Å²) in [4.78, 5) is 4.45. The lowest BCUT2D eigenvalue weighted by atomic mass is 10.1. The average molecular weight is 218 g/mol. The topological polar surface area (TPSA) is 52.0 Å². The third-order valence-electron chi connectivity index (χ3n) is 2.75. The molecule has 0 spiro atoms. The van der Waals surface area contributed by atoms with Crippen LogP contribution in [-0.4, -0.2) is 11.0 Å². The molecular formula is C13H18N2O. The average Bonchev–Trinajstić information content (AvgIpc) is 2.62. The van der Waals surface area contributed by atoms with Crippen molar-refractivity contribution in [3.63, 3.8) is 0 Å². The number of nitrogens with two attached hydrogens (primary N) is 1. The monoisotopic (exact) mass is 218 g/mol. The number of hydrogen-bond acceptors (Lipinski definition) is 3. The fourth-order valence-electron chi connectivity index (χ4n) is 1.92. The standard InChI is InChI=1S/C13H18N2O/c1-3-5-10(14)8-12-15-11-7-4-6-9(2)13(11)16-12/h4,6-7,10H,3,5,8,14H2,1-2H3. The van der Waals surface area contributed by atoms with E-state index in [1.807, 2.05) is 25.1 Å². The van der Waals surface area contributed by atoms with Gasteiger partial charge in [-0.05, 0) is 25.0 Å². The normalized spacial score (nSPS) is 13.2. The second-order valence-electron chi connectivity index (χ2n) is 4.28. The molecule has 3 nitrogen and oxygen atoms in total. The van der Waals surface area contributed by atoms with Crippen LogP contribution >= 0.6 is 0 Å². The zero-order valence-electron chi connectivity index (χ0n) is 9.86. The lowest BCUT2D eigenvalue weighted by Gasteiger charge is -2.05. The molecule has 0 aliphatic carbocycles. The molecule has 0 aliphatic rings. The van der Waals surface area contributed by atoms with Crippen LogP contribution in [0.3, 0.4) is 0 Å². The van der Waals surface area contributed by atoms with E-state index in [2.05, 4.69) is 11.9 Å². The maximum Gasteiger partial charge on any atom is 0.197 e. The van der Waals surface area contributed by atoms with Crippen LogP contribution in [0.1, 0.15) is 31.2 Å². The van der Waals surface area contributed by atoms with Crippen LogP contribution in [0.15, 0.2) is 22.6 Å². The largest absolute Gasteiger partial charge is 0.440 e. The number of oxazole rings is 1.